The van der Waals surface area contributed by atoms with Crippen molar-refractivity contribution >= 4 is 23.5 Å². The lowest BCUT2D eigenvalue weighted by atomic mass is 10.1. The van der Waals surface area contributed by atoms with Crippen LogP contribution in [0.2, 0.25) is 5.02 Å². The number of carbonyl (C=O) groups is 1. The summed E-state index contributed by atoms with van der Waals surface area (Å²) in [7, 11) is 0. The number of ketones is 1. The first-order valence-electron chi connectivity index (χ1n) is 6.08. The molecule has 5 heteroatoms. The van der Waals surface area contributed by atoms with E-state index in [0.29, 0.717) is 16.1 Å². The standard InChI is InChI=1S/C16H11ClF2O2/c17-13-8-5-11(6-9-13)14(20)10-7-12-3-1-2-4-15(12)21-16(18)19/h1-10,16H/b10-7+. The maximum Gasteiger partial charge on any atom is 0.387 e. The lowest BCUT2D eigenvalue weighted by Crippen LogP contribution is -2.03. The Balaban J connectivity index is 2.17. The van der Waals surface area contributed by atoms with Crippen molar-refractivity contribution in [2.75, 3.05) is 0 Å². The quantitative estimate of drug-likeness (QED) is 0.583. The van der Waals surface area contributed by atoms with Crippen molar-refractivity contribution in [3.8, 4) is 5.75 Å². The monoisotopic (exact) mass is 308 g/mol. The average Bonchev–Trinajstić information content (AvgIpc) is 2.46. The normalized spacial score (nSPS) is 11.0. The molecule has 0 bridgehead atoms. The van der Waals surface area contributed by atoms with Gasteiger partial charge in [-0.2, -0.15) is 8.78 Å². The number of benzene rings is 2. The van der Waals surface area contributed by atoms with Gasteiger partial charge in [-0.05, 0) is 42.5 Å². The van der Waals surface area contributed by atoms with Crippen molar-refractivity contribution in [3.05, 3.63) is 70.8 Å². The molecule has 0 aromatic heterocycles. The Morgan fingerprint density at radius 2 is 1.76 bits per heavy atom. The average molecular weight is 309 g/mol. The van der Waals surface area contributed by atoms with Crippen LogP contribution in [0.1, 0.15) is 15.9 Å². The number of carbonyl (C=O) groups excluding carboxylic acids is 1. The van der Waals surface area contributed by atoms with E-state index in [4.69, 9.17) is 11.6 Å². The molecule has 0 aliphatic carbocycles. The SMILES string of the molecule is O=C(/C=C/c1ccccc1OC(F)F)c1ccc(Cl)cc1. The minimum Gasteiger partial charge on any atom is -0.434 e. The topological polar surface area (TPSA) is 26.3 Å². The third-order valence-corrected chi connectivity index (χ3v) is 2.93. The number of rotatable bonds is 5. The Kier molecular flexibility index (Phi) is 5.06. The third kappa shape index (κ3) is 4.39. The molecule has 108 valence electrons. The summed E-state index contributed by atoms with van der Waals surface area (Å²) in [6.07, 6.45) is 2.74. The first kappa shape index (κ1) is 15.2. The molecule has 0 spiro atoms. The van der Waals surface area contributed by atoms with E-state index in [-0.39, 0.29) is 11.5 Å². The van der Waals surface area contributed by atoms with Crippen LogP contribution in [-0.2, 0) is 0 Å². The van der Waals surface area contributed by atoms with E-state index in [9.17, 15) is 13.6 Å². The molecule has 2 aromatic rings. The molecule has 0 saturated carbocycles. The van der Waals surface area contributed by atoms with Crippen molar-refractivity contribution in [2.45, 2.75) is 6.61 Å². The lowest BCUT2D eigenvalue weighted by molar-refractivity contribution is -0.0499. The molecule has 2 aromatic carbocycles. The zero-order chi connectivity index (χ0) is 15.2. The molecule has 2 nitrogen and oxygen atoms in total. The van der Waals surface area contributed by atoms with Crippen molar-refractivity contribution in [1.29, 1.82) is 0 Å². The first-order valence-corrected chi connectivity index (χ1v) is 6.46. The summed E-state index contributed by atoms with van der Waals surface area (Å²) in [4.78, 5) is 11.9. The van der Waals surface area contributed by atoms with Gasteiger partial charge in [0, 0.05) is 16.1 Å². The molecule has 0 aliphatic rings. The van der Waals surface area contributed by atoms with E-state index in [0.717, 1.165) is 0 Å². The summed E-state index contributed by atoms with van der Waals surface area (Å²) in [5.41, 5.74) is 0.864. The van der Waals surface area contributed by atoms with Crippen molar-refractivity contribution in [3.63, 3.8) is 0 Å². The molecule has 0 N–H and O–H groups in total. The van der Waals surface area contributed by atoms with Crippen molar-refractivity contribution < 1.29 is 18.3 Å². The Morgan fingerprint density at radius 3 is 2.43 bits per heavy atom. The number of ether oxygens (including phenoxy) is 1. The number of para-hydroxylation sites is 1. The number of halogens is 3. The van der Waals surface area contributed by atoms with Gasteiger partial charge in [0.05, 0.1) is 0 Å². The Morgan fingerprint density at radius 1 is 1.10 bits per heavy atom. The van der Waals surface area contributed by atoms with Gasteiger partial charge in [0.2, 0.25) is 0 Å². The largest absolute Gasteiger partial charge is 0.434 e. The maximum absolute atomic E-state index is 12.3. The summed E-state index contributed by atoms with van der Waals surface area (Å²) in [6.45, 7) is -2.91. The molecule has 0 fully saturated rings. The third-order valence-electron chi connectivity index (χ3n) is 2.68. The predicted octanol–water partition coefficient (Wildman–Crippen LogP) is 4.84. The van der Waals surface area contributed by atoms with Gasteiger partial charge in [-0.3, -0.25) is 4.79 Å². The number of allylic oxidation sites excluding steroid dienone is 1. The van der Waals surface area contributed by atoms with Crippen LogP contribution in [-0.4, -0.2) is 12.4 Å². The summed E-state index contributed by atoms with van der Waals surface area (Å²) >= 11 is 5.74. The van der Waals surface area contributed by atoms with E-state index in [2.05, 4.69) is 4.74 Å². The van der Waals surface area contributed by atoms with E-state index >= 15 is 0 Å². The highest BCUT2D eigenvalue weighted by atomic mass is 35.5. The summed E-state index contributed by atoms with van der Waals surface area (Å²) in [6, 6.07) is 12.7. The molecule has 2 rings (SSSR count). The Bertz CT molecular complexity index is 652. The molecular weight excluding hydrogens is 298 g/mol. The van der Waals surface area contributed by atoms with Crippen LogP contribution in [0.3, 0.4) is 0 Å². The van der Waals surface area contributed by atoms with Crippen LogP contribution in [0, 0.1) is 0 Å². The minimum absolute atomic E-state index is 0.0210. The smallest absolute Gasteiger partial charge is 0.387 e. The predicted molar refractivity (Wildman–Crippen MR) is 77.9 cm³/mol. The molecule has 0 heterocycles. The molecule has 0 unspecified atom stereocenters. The Hall–Kier alpha value is -2.20. The van der Waals surface area contributed by atoms with Gasteiger partial charge in [0.25, 0.3) is 0 Å². The summed E-state index contributed by atoms with van der Waals surface area (Å²) in [5.74, 6) is -0.230. The second kappa shape index (κ2) is 6.99. The number of hydrogen-bond donors (Lipinski definition) is 0. The van der Waals surface area contributed by atoms with Crippen molar-refractivity contribution in [1.82, 2.24) is 0 Å². The van der Waals surface area contributed by atoms with Crippen LogP contribution in [0.5, 0.6) is 5.75 Å². The highest BCUT2D eigenvalue weighted by molar-refractivity contribution is 6.30. The van der Waals surface area contributed by atoms with Crippen LogP contribution in [0.25, 0.3) is 6.08 Å². The fraction of sp³-hybridized carbons (Fsp3) is 0.0625. The van der Waals surface area contributed by atoms with Gasteiger partial charge in [0.1, 0.15) is 5.75 Å². The molecule has 0 radical (unpaired) electrons. The Labute approximate surface area is 125 Å². The van der Waals surface area contributed by atoms with Gasteiger partial charge in [-0.15, -0.1) is 0 Å². The van der Waals surface area contributed by atoms with Gasteiger partial charge in [-0.1, -0.05) is 29.8 Å². The van der Waals surface area contributed by atoms with Gasteiger partial charge >= 0.3 is 6.61 Å². The number of alkyl halides is 2. The lowest BCUT2D eigenvalue weighted by Gasteiger charge is -2.07. The van der Waals surface area contributed by atoms with E-state index < -0.39 is 6.61 Å². The number of hydrogen-bond acceptors (Lipinski definition) is 2. The van der Waals surface area contributed by atoms with Crippen molar-refractivity contribution in [2.24, 2.45) is 0 Å². The first-order chi connectivity index (χ1) is 10.1. The molecule has 21 heavy (non-hydrogen) atoms. The van der Waals surface area contributed by atoms with E-state index in [1.807, 2.05) is 0 Å². The fourth-order valence-corrected chi connectivity index (χ4v) is 1.82. The molecule has 0 amide bonds. The van der Waals surface area contributed by atoms with Gasteiger partial charge < -0.3 is 4.74 Å². The molecule has 0 saturated heterocycles. The minimum atomic E-state index is -2.91. The van der Waals surface area contributed by atoms with Crippen LogP contribution in [0.15, 0.2) is 54.6 Å². The molecule has 0 atom stereocenters. The highest BCUT2D eigenvalue weighted by Crippen LogP contribution is 2.22. The van der Waals surface area contributed by atoms with E-state index in [1.165, 1.54) is 18.2 Å². The molecular formula is C16H11ClF2O2. The van der Waals surface area contributed by atoms with Crippen LogP contribution < -0.4 is 4.74 Å². The zero-order valence-electron chi connectivity index (χ0n) is 10.8. The van der Waals surface area contributed by atoms with Gasteiger partial charge in [-0.25, -0.2) is 0 Å². The van der Waals surface area contributed by atoms with Crippen LogP contribution >= 0.6 is 11.6 Å². The molecule has 0 aliphatic heterocycles. The fourth-order valence-electron chi connectivity index (χ4n) is 1.70. The second-order valence-corrected chi connectivity index (χ2v) is 4.56. The van der Waals surface area contributed by atoms with Crippen LogP contribution in [0.4, 0.5) is 8.78 Å². The zero-order valence-corrected chi connectivity index (χ0v) is 11.6. The second-order valence-electron chi connectivity index (χ2n) is 4.12. The van der Waals surface area contributed by atoms with Gasteiger partial charge in [0.15, 0.2) is 5.78 Å². The summed E-state index contributed by atoms with van der Waals surface area (Å²) < 4.78 is 28.9. The summed E-state index contributed by atoms with van der Waals surface area (Å²) in [5, 5.41) is 0.534. The maximum atomic E-state index is 12.3. The highest BCUT2D eigenvalue weighted by Gasteiger charge is 2.07. The van der Waals surface area contributed by atoms with E-state index in [1.54, 1.807) is 42.5 Å².